The number of hydrogen-bond donors (Lipinski definition) is 0. The zero-order valence-corrected chi connectivity index (χ0v) is 18.9. The molecule has 3 heteroatoms. The molecule has 0 aromatic rings. The van der Waals surface area contributed by atoms with Gasteiger partial charge < -0.3 is 9.91 Å². The molecule has 0 amide bonds. The first-order valence-electron chi connectivity index (χ1n) is 10.7. The Kier molecular flexibility index (Phi) is 7.79. The molecule has 2 aliphatic rings. The Morgan fingerprint density at radius 2 is 1.93 bits per heavy atom. The normalized spacial score (nSPS) is 22.9. The van der Waals surface area contributed by atoms with Crippen molar-refractivity contribution in [1.82, 2.24) is 14.9 Å². The van der Waals surface area contributed by atoms with E-state index >= 15 is 0 Å². The summed E-state index contributed by atoms with van der Waals surface area (Å²) in [5.74, 6) is 1.38. The van der Waals surface area contributed by atoms with Crippen molar-refractivity contribution in [2.75, 3.05) is 27.2 Å². The lowest BCUT2D eigenvalue weighted by molar-refractivity contribution is 0.0675. The van der Waals surface area contributed by atoms with E-state index in [1.54, 1.807) is 0 Å². The number of allylic oxidation sites excluding steroid dienone is 4. The predicted octanol–water partition coefficient (Wildman–Crippen LogP) is 5.61. The molecule has 0 fully saturated rings. The number of hydrogen-bond acceptors (Lipinski definition) is 3. The molecule has 3 nitrogen and oxygen atoms in total. The SMILES string of the molecule is C/C=C\C1C(C(C)CC)=CN(CC2=CC(C)=C(CCC(C)C)N(C)C2)N1C. The van der Waals surface area contributed by atoms with Crippen molar-refractivity contribution in [3.8, 4) is 0 Å². The van der Waals surface area contributed by atoms with Crippen molar-refractivity contribution >= 4 is 0 Å². The van der Waals surface area contributed by atoms with Gasteiger partial charge in [0.1, 0.15) is 0 Å². The van der Waals surface area contributed by atoms with Gasteiger partial charge in [0.2, 0.25) is 0 Å². The van der Waals surface area contributed by atoms with Crippen LogP contribution in [0.1, 0.15) is 60.8 Å². The van der Waals surface area contributed by atoms with Gasteiger partial charge in [-0.15, -0.1) is 0 Å². The first-order chi connectivity index (χ1) is 12.8. The van der Waals surface area contributed by atoms with Crippen LogP contribution in [0.2, 0.25) is 0 Å². The van der Waals surface area contributed by atoms with Crippen molar-refractivity contribution in [3.05, 3.63) is 46.8 Å². The minimum absolute atomic E-state index is 0.394. The Balaban J connectivity index is 2.16. The highest BCUT2D eigenvalue weighted by Crippen LogP contribution is 2.31. The van der Waals surface area contributed by atoms with Crippen LogP contribution >= 0.6 is 0 Å². The minimum Gasteiger partial charge on any atom is -0.374 e. The summed E-state index contributed by atoms with van der Waals surface area (Å²) in [4.78, 5) is 2.46. The first-order valence-corrected chi connectivity index (χ1v) is 10.7. The molecule has 27 heavy (non-hydrogen) atoms. The largest absolute Gasteiger partial charge is 0.374 e. The summed E-state index contributed by atoms with van der Waals surface area (Å²) in [5.41, 5.74) is 5.99. The maximum atomic E-state index is 2.46. The van der Waals surface area contributed by atoms with Crippen molar-refractivity contribution in [2.45, 2.75) is 66.8 Å². The van der Waals surface area contributed by atoms with E-state index < -0.39 is 0 Å². The third-order valence-electron chi connectivity index (χ3n) is 6.10. The molecule has 0 spiro atoms. The Morgan fingerprint density at radius 1 is 1.22 bits per heavy atom. The maximum Gasteiger partial charge on any atom is 0.0700 e. The van der Waals surface area contributed by atoms with Gasteiger partial charge in [0, 0.05) is 32.5 Å². The topological polar surface area (TPSA) is 9.72 Å². The molecule has 2 unspecified atom stereocenters. The molecule has 0 saturated carbocycles. The molecule has 2 heterocycles. The van der Waals surface area contributed by atoms with E-state index in [9.17, 15) is 0 Å². The molecule has 2 rings (SSSR count). The quantitative estimate of drug-likeness (QED) is 0.514. The first kappa shape index (κ1) is 21.8. The Bertz CT molecular complexity index is 624. The van der Waals surface area contributed by atoms with Crippen LogP contribution in [0, 0.1) is 11.8 Å². The Labute approximate surface area is 168 Å². The summed E-state index contributed by atoms with van der Waals surface area (Å²) >= 11 is 0. The molecule has 2 aliphatic heterocycles. The average Bonchev–Trinajstić information content (AvgIpc) is 2.90. The molecule has 152 valence electrons. The summed E-state index contributed by atoms with van der Waals surface area (Å²) in [6.07, 6.45) is 13.0. The Morgan fingerprint density at radius 3 is 2.48 bits per heavy atom. The highest BCUT2D eigenvalue weighted by Gasteiger charge is 2.31. The fraction of sp³-hybridized carbons (Fsp3) is 0.667. The Hall–Kier alpha value is -1.48. The lowest BCUT2D eigenvalue weighted by Crippen LogP contribution is -2.40. The molecule has 0 saturated heterocycles. The molecule has 0 aromatic heterocycles. The van der Waals surface area contributed by atoms with Crippen molar-refractivity contribution in [3.63, 3.8) is 0 Å². The second kappa shape index (κ2) is 9.64. The standard InChI is InChI=1S/C24H41N3/c1-9-11-24-22(19(5)10-2)17-27(26(24)8)16-21-14-20(6)23(25(7)15-21)13-12-18(3)4/h9,11,14,17-19,24H,10,12-13,15-16H2,1-8H3/b11-9-. The molecule has 0 bridgehead atoms. The van der Waals surface area contributed by atoms with E-state index in [1.165, 1.54) is 41.7 Å². The number of nitrogens with zero attached hydrogens (tertiary/aromatic N) is 3. The van der Waals surface area contributed by atoms with E-state index in [2.05, 4.69) is 95.0 Å². The summed E-state index contributed by atoms with van der Waals surface area (Å²) < 4.78 is 0. The van der Waals surface area contributed by atoms with E-state index in [4.69, 9.17) is 0 Å². The van der Waals surface area contributed by atoms with E-state index in [0.717, 1.165) is 19.0 Å². The average molecular weight is 372 g/mol. The zero-order valence-electron chi connectivity index (χ0n) is 18.9. The molecule has 0 radical (unpaired) electrons. The molecule has 0 aromatic carbocycles. The minimum atomic E-state index is 0.394. The van der Waals surface area contributed by atoms with E-state index in [-0.39, 0.29) is 0 Å². The van der Waals surface area contributed by atoms with Crippen LogP contribution in [-0.4, -0.2) is 48.1 Å². The van der Waals surface area contributed by atoms with Crippen LogP contribution in [-0.2, 0) is 0 Å². The van der Waals surface area contributed by atoms with Crippen LogP contribution in [0.3, 0.4) is 0 Å². The molecule has 2 atom stereocenters. The smallest absolute Gasteiger partial charge is 0.0700 e. The fourth-order valence-corrected chi connectivity index (χ4v) is 4.20. The monoisotopic (exact) mass is 371 g/mol. The third kappa shape index (κ3) is 5.28. The summed E-state index contributed by atoms with van der Waals surface area (Å²) in [5, 5.41) is 4.81. The van der Waals surface area contributed by atoms with Gasteiger partial charge in [-0.2, -0.15) is 0 Å². The van der Waals surface area contributed by atoms with Gasteiger partial charge in [-0.1, -0.05) is 45.9 Å². The lowest BCUT2D eigenvalue weighted by atomic mass is 9.93. The van der Waals surface area contributed by atoms with Crippen LogP contribution in [0.4, 0.5) is 0 Å². The van der Waals surface area contributed by atoms with Crippen molar-refractivity contribution in [1.29, 1.82) is 0 Å². The van der Waals surface area contributed by atoms with Gasteiger partial charge in [0.15, 0.2) is 0 Å². The highest BCUT2D eigenvalue weighted by molar-refractivity contribution is 5.34. The van der Waals surface area contributed by atoms with Crippen molar-refractivity contribution < 1.29 is 0 Å². The maximum absolute atomic E-state index is 2.46. The van der Waals surface area contributed by atoms with Crippen molar-refractivity contribution in [2.24, 2.45) is 11.8 Å². The van der Waals surface area contributed by atoms with Crippen LogP contribution in [0.15, 0.2) is 46.8 Å². The van der Waals surface area contributed by atoms with E-state index in [0.29, 0.717) is 12.0 Å². The van der Waals surface area contributed by atoms with Gasteiger partial charge in [0.25, 0.3) is 0 Å². The summed E-state index contributed by atoms with van der Waals surface area (Å²) in [7, 11) is 4.48. The molecular formula is C24H41N3. The molecule has 0 N–H and O–H groups in total. The van der Waals surface area contributed by atoms with E-state index in [1.807, 2.05) is 0 Å². The molecular weight excluding hydrogens is 330 g/mol. The lowest BCUT2D eigenvalue weighted by Gasteiger charge is -2.34. The second-order valence-electron chi connectivity index (χ2n) is 8.80. The number of likely N-dealkylation sites (N-methyl/N-ethyl adjacent to an activating group) is 2. The number of rotatable bonds is 8. The van der Waals surface area contributed by atoms with Gasteiger partial charge in [-0.05, 0) is 61.7 Å². The molecule has 0 aliphatic carbocycles. The van der Waals surface area contributed by atoms with Gasteiger partial charge in [-0.3, -0.25) is 0 Å². The summed E-state index contributed by atoms with van der Waals surface area (Å²) in [6, 6.07) is 0.394. The number of hydrazine groups is 1. The fourth-order valence-electron chi connectivity index (χ4n) is 4.20. The predicted molar refractivity (Wildman–Crippen MR) is 118 cm³/mol. The van der Waals surface area contributed by atoms with Crippen LogP contribution in [0.25, 0.3) is 0 Å². The van der Waals surface area contributed by atoms with Crippen LogP contribution < -0.4 is 0 Å². The summed E-state index contributed by atoms with van der Waals surface area (Å²) in [6.45, 7) is 15.7. The zero-order chi connectivity index (χ0) is 20.1. The van der Waals surface area contributed by atoms with Gasteiger partial charge in [0.05, 0.1) is 12.6 Å². The van der Waals surface area contributed by atoms with Gasteiger partial charge in [-0.25, -0.2) is 5.01 Å². The van der Waals surface area contributed by atoms with Gasteiger partial charge >= 0.3 is 0 Å². The third-order valence-corrected chi connectivity index (χ3v) is 6.10. The second-order valence-corrected chi connectivity index (χ2v) is 8.80. The highest BCUT2D eigenvalue weighted by atomic mass is 15.6. The van der Waals surface area contributed by atoms with Crippen LogP contribution in [0.5, 0.6) is 0 Å².